The minimum Gasteiger partial charge on any atom is -0.376 e. The van der Waals surface area contributed by atoms with Crippen molar-refractivity contribution in [3.8, 4) is 0 Å². The third-order valence-electron chi connectivity index (χ3n) is 6.04. The Kier molecular flexibility index (Phi) is 8.69. The van der Waals surface area contributed by atoms with Crippen LogP contribution in [0.3, 0.4) is 0 Å². The molecule has 3 aromatic rings. The van der Waals surface area contributed by atoms with E-state index in [1.165, 1.54) is 41.4 Å². The molecule has 0 aliphatic carbocycles. The first-order chi connectivity index (χ1) is 17.7. The Morgan fingerprint density at radius 3 is 2.73 bits per heavy atom. The molecule has 1 aliphatic rings. The van der Waals surface area contributed by atoms with Gasteiger partial charge in [-0.15, -0.1) is 6.58 Å². The highest BCUT2D eigenvalue weighted by Gasteiger charge is 2.29. The molecule has 4 rings (SSSR count). The van der Waals surface area contributed by atoms with Crippen molar-refractivity contribution in [1.29, 1.82) is 0 Å². The molecule has 1 amide bonds. The number of ether oxygens (including phenoxy) is 1. The van der Waals surface area contributed by atoms with Crippen molar-refractivity contribution in [2.45, 2.75) is 42.9 Å². The number of hydrogen-bond donors (Lipinski definition) is 0. The molecular weight excluding hydrogens is 540 g/mol. The van der Waals surface area contributed by atoms with E-state index in [2.05, 4.69) is 11.6 Å². The third kappa shape index (κ3) is 6.41. The van der Waals surface area contributed by atoms with E-state index in [9.17, 15) is 17.6 Å². The minimum atomic E-state index is -4.02. The fraction of sp³-hybridized carbons (Fsp3) is 0.308. The summed E-state index contributed by atoms with van der Waals surface area (Å²) in [5.74, 6) is -1.52. The second-order valence-corrected chi connectivity index (χ2v) is 11.5. The lowest BCUT2D eigenvalue weighted by atomic mass is 10.2. The predicted molar refractivity (Wildman–Crippen MR) is 140 cm³/mol. The number of carbonyl (C=O) groups is 1. The van der Waals surface area contributed by atoms with Crippen molar-refractivity contribution in [3.63, 3.8) is 0 Å². The summed E-state index contributed by atoms with van der Waals surface area (Å²) in [6.45, 7) is 4.78. The number of rotatable bonds is 10. The first-order valence-electron chi connectivity index (χ1n) is 11.7. The van der Waals surface area contributed by atoms with Crippen molar-refractivity contribution in [3.05, 3.63) is 94.0 Å². The fourth-order valence-electron chi connectivity index (χ4n) is 4.24. The van der Waals surface area contributed by atoms with Crippen LogP contribution in [0.4, 0.5) is 4.39 Å². The summed E-state index contributed by atoms with van der Waals surface area (Å²) >= 11 is 12.2. The Morgan fingerprint density at radius 2 is 2.05 bits per heavy atom. The molecule has 7 nitrogen and oxygen atoms in total. The quantitative estimate of drug-likeness (QED) is 0.311. The summed E-state index contributed by atoms with van der Waals surface area (Å²) in [5, 5.41) is 0.403. The molecule has 1 fully saturated rings. The van der Waals surface area contributed by atoms with Crippen molar-refractivity contribution < 1.29 is 22.3 Å². The molecule has 37 heavy (non-hydrogen) atoms. The van der Waals surface area contributed by atoms with Gasteiger partial charge in [0.25, 0.3) is 5.91 Å². The molecule has 1 aliphatic heterocycles. The number of benzene rings is 2. The third-order valence-corrected chi connectivity index (χ3v) is 8.17. The van der Waals surface area contributed by atoms with Crippen LogP contribution in [-0.2, 0) is 33.4 Å². The van der Waals surface area contributed by atoms with Gasteiger partial charge in [0.1, 0.15) is 5.82 Å². The molecule has 1 atom stereocenters. The first-order valence-corrected chi connectivity index (χ1v) is 14.1. The summed E-state index contributed by atoms with van der Waals surface area (Å²) in [7, 11) is -4.02. The molecule has 2 heterocycles. The van der Waals surface area contributed by atoms with E-state index in [1.54, 1.807) is 22.8 Å². The van der Waals surface area contributed by atoms with Gasteiger partial charge < -0.3 is 14.2 Å². The van der Waals surface area contributed by atoms with Crippen molar-refractivity contribution in [1.82, 2.24) is 14.5 Å². The van der Waals surface area contributed by atoms with E-state index < -0.39 is 21.4 Å². The Hall–Kier alpha value is -2.72. The van der Waals surface area contributed by atoms with E-state index in [4.69, 9.17) is 27.9 Å². The highest BCUT2D eigenvalue weighted by atomic mass is 35.5. The number of aromatic nitrogens is 2. The monoisotopic (exact) mass is 565 g/mol. The van der Waals surface area contributed by atoms with Crippen LogP contribution in [0.15, 0.2) is 66.5 Å². The molecule has 0 radical (unpaired) electrons. The first kappa shape index (κ1) is 27.3. The summed E-state index contributed by atoms with van der Waals surface area (Å²) < 4.78 is 48.3. The van der Waals surface area contributed by atoms with E-state index in [0.717, 1.165) is 12.8 Å². The van der Waals surface area contributed by atoms with Crippen LogP contribution in [0.5, 0.6) is 0 Å². The van der Waals surface area contributed by atoms with Gasteiger partial charge in [-0.2, -0.15) is 0 Å². The fourth-order valence-corrected chi connectivity index (χ4v) is 6.25. The van der Waals surface area contributed by atoms with E-state index in [1.807, 2.05) is 0 Å². The average Bonchev–Trinajstić information content (AvgIpc) is 3.51. The predicted octanol–water partition coefficient (Wildman–Crippen LogP) is 5.31. The molecule has 1 aromatic heterocycles. The van der Waals surface area contributed by atoms with Gasteiger partial charge in [-0.1, -0.05) is 47.5 Å². The maximum atomic E-state index is 14.2. The minimum absolute atomic E-state index is 0.0404. The van der Waals surface area contributed by atoms with Crippen LogP contribution in [0.2, 0.25) is 10.0 Å². The number of imidazole rings is 1. The summed E-state index contributed by atoms with van der Waals surface area (Å²) in [4.78, 5) is 19.1. The van der Waals surface area contributed by atoms with Gasteiger partial charge in [0.05, 0.1) is 47.4 Å². The van der Waals surface area contributed by atoms with Crippen LogP contribution in [0, 0.1) is 5.82 Å². The van der Waals surface area contributed by atoms with Crippen LogP contribution >= 0.6 is 23.2 Å². The zero-order valence-electron chi connectivity index (χ0n) is 19.9. The summed E-state index contributed by atoms with van der Waals surface area (Å²) in [6.07, 6.45) is 4.42. The molecular formula is C26H26Cl2FN3O4S. The van der Waals surface area contributed by atoms with Crippen molar-refractivity contribution >= 4 is 38.9 Å². The topological polar surface area (TPSA) is 81.5 Å². The lowest BCUT2D eigenvalue weighted by molar-refractivity contribution is 0.0751. The number of nitrogens with zero attached hydrogens (tertiary/aromatic N) is 3. The number of sulfone groups is 1. The van der Waals surface area contributed by atoms with Crippen molar-refractivity contribution in [2.24, 2.45) is 0 Å². The number of carbonyl (C=O) groups excluding carboxylic acids is 1. The Balaban J connectivity index is 1.69. The Labute approximate surface area is 225 Å². The molecule has 1 saturated heterocycles. The van der Waals surface area contributed by atoms with Crippen LogP contribution in [0.1, 0.15) is 34.5 Å². The van der Waals surface area contributed by atoms with E-state index in [-0.39, 0.29) is 53.0 Å². The zero-order chi connectivity index (χ0) is 26.6. The van der Waals surface area contributed by atoms with Gasteiger partial charge in [-0.3, -0.25) is 4.79 Å². The van der Waals surface area contributed by atoms with Crippen LogP contribution in [-0.4, -0.2) is 48.0 Å². The maximum absolute atomic E-state index is 14.2. The van der Waals surface area contributed by atoms with Crippen LogP contribution < -0.4 is 0 Å². The van der Waals surface area contributed by atoms with Crippen molar-refractivity contribution in [2.75, 3.05) is 13.2 Å². The van der Waals surface area contributed by atoms with Gasteiger partial charge in [0, 0.05) is 23.7 Å². The van der Waals surface area contributed by atoms with Gasteiger partial charge in [0.2, 0.25) is 15.0 Å². The standard InChI is InChI=1S/C26H26Cl2FN3O4S/c1-2-11-31(25(33)22-10-9-19(27)13-23(22)28)15-20-14-30-26(32(20)16-21-7-5-12-36-21)37(34,35)17-18-6-3-4-8-24(18)29/h2-4,6,8-10,13-14,21H,1,5,7,11-12,15-17H2. The van der Waals surface area contributed by atoms with Gasteiger partial charge in [-0.25, -0.2) is 17.8 Å². The smallest absolute Gasteiger partial charge is 0.256 e. The lowest BCUT2D eigenvalue weighted by Gasteiger charge is -2.23. The largest absolute Gasteiger partial charge is 0.376 e. The van der Waals surface area contributed by atoms with Crippen LogP contribution in [0.25, 0.3) is 0 Å². The highest BCUT2D eigenvalue weighted by molar-refractivity contribution is 7.90. The van der Waals surface area contributed by atoms with Gasteiger partial charge >= 0.3 is 0 Å². The lowest BCUT2D eigenvalue weighted by Crippen LogP contribution is -2.32. The highest BCUT2D eigenvalue weighted by Crippen LogP contribution is 2.26. The summed E-state index contributed by atoms with van der Waals surface area (Å²) in [6, 6.07) is 10.3. The molecule has 0 N–H and O–H groups in total. The molecule has 0 bridgehead atoms. The average molecular weight is 566 g/mol. The van der Waals surface area contributed by atoms with E-state index in [0.29, 0.717) is 17.3 Å². The summed E-state index contributed by atoms with van der Waals surface area (Å²) in [5.41, 5.74) is 0.796. The molecule has 196 valence electrons. The Morgan fingerprint density at radius 1 is 1.27 bits per heavy atom. The number of hydrogen-bond acceptors (Lipinski definition) is 5. The molecule has 11 heteroatoms. The molecule has 2 aromatic carbocycles. The SMILES string of the molecule is C=CCN(Cc1cnc(S(=O)(=O)Cc2ccccc2F)n1CC1CCCO1)C(=O)c1ccc(Cl)cc1Cl. The number of amides is 1. The maximum Gasteiger partial charge on any atom is 0.256 e. The molecule has 0 spiro atoms. The van der Waals surface area contributed by atoms with E-state index >= 15 is 0 Å². The zero-order valence-corrected chi connectivity index (χ0v) is 22.3. The second-order valence-electron chi connectivity index (χ2n) is 8.73. The second kappa shape index (κ2) is 11.8. The van der Waals surface area contributed by atoms with Gasteiger partial charge in [-0.05, 0) is 37.1 Å². The molecule has 0 saturated carbocycles. The Bertz CT molecular complexity index is 1400. The van der Waals surface area contributed by atoms with Gasteiger partial charge in [0.15, 0.2) is 0 Å². The number of halogens is 3. The molecule has 1 unspecified atom stereocenters. The normalized spacial score (nSPS) is 15.6.